The Kier molecular flexibility index (Phi) is 3.91. The van der Waals surface area contributed by atoms with Crippen LogP contribution in [0.5, 0.6) is 0 Å². The molecule has 0 bridgehead atoms. The van der Waals surface area contributed by atoms with Crippen molar-refractivity contribution in [1.29, 1.82) is 0 Å². The molecule has 0 saturated carbocycles. The van der Waals surface area contributed by atoms with Gasteiger partial charge >= 0.3 is 6.18 Å². The number of hydrogen-bond acceptors (Lipinski definition) is 2. The fourth-order valence-electron chi connectivity index (χ4n) is 1.34. The van der Waals surface area contributed by atoms with E-state index in [2.05, 4.69) is 0 Å². The highest BCUT2D eigenvalue weighted by atomic mass is 35.5. The molecule has 2 N–H and O–H groups in total. The third kappa shape index (κ3) is 3.48. The largest absolute Gasteiger partial charge is 0.397 e. The SMILES string of the molecule is CN(CCC(F)(F)F)c1c(N)cccc1Cl. The van der Waals surface area contributed by atoms with E-state index in [9.17, 15) is 13.2 Å². The van der Waals surface area contributed by atoms with Crippen molar-refractivity contribution in [3.05, 3.63) is 23.2 Å². The molecule has 1 aromatic rings. The van der Waals surface area contributed by atoms with Gasteiger partial charge in [-0.3, -0.25) is 0 Å². The normalized spacial score (nSPS) is 11.6. The predicted octanol–water partition coefficient (Wildman–Crippen LogP) is 3.31. The Labute approximate surface area is 96.8 Å². The maximum atomic E-state index is 12.0. The van der Waals surface area contributed by atoms with E-state index in [1.807, 2.05) is 0 Å². The molecule has 0 heterocycles. The molecule has 0 aliphatic carbocycles. The van der Waals surface area contributed by atoms with E-state index in [0.717, 1.165) is 0 Å². The van der Waals surface area contributed by atoms with Gasteiger partial charge in [0.05, 0.1) is 22.8 Å². The lowest BCUT2D eigenvalue weighted by Gasteiger charge is -2.22. The van der Waals surface area contributed by atoms with Crippen molar-refractivity contribution in [2.45, 2.75) is 12.6 Å². The summed E-state index contributed by atoms with van der Waals surface area (Å²) < 4.78 is 36.1. The second kappa shape index (κ2) is 4.82. The number of rotatable bonds is 3. The Balaban J connectivity index is 2.77. The number of hydrogen-bond donors (Lipinski definition) is 1. The third-order valence-corrected chi connectivity index (χ3v) is 2.44. The highest BCUT2D eigenvalue weighted by molar-refractivity contribution is 6.33. The second-order valence-electron chi connectivity index (χ2n) is 3.46. The zero-order valence-corrected chi connectivity index (χ0v) is 9.44. The van der Waals surface area contributed by atoms with Gasteiger partial charge in [0.2, 0.25) is 0 Å². The summed E-state index contributed by atoms with van der Waals surface area (Å²) >= 11 is 5.87. The smallest absolute Gasteiger partial charge is 0.390 e. The highest BCUT2D eigenvalue weighted by Gasteiger charge is 2.27. The molecule has 0 aromatic heterocycles. The number of halogens is 4. The summed E-state index contributed by atoms with van der Waals surface area (Å²) in [5.41, 5.74) is 6.47. The van der Waals surface area contributed by atoms with Crippen LogP contribution < -0.4 is 10.6 Å². The zero-order valence-electron chi connectivity index (χ0n) is 8.68. The van der Waals surface area contributed by atoms with E-state index in [1.165, 1.54) is 11.9 Å². The minimum atomic E-state index is -4.18. The molecule has 0 fully saturated rings. The molecule has 0 saturated heterocycles. The second-order valence-corrected chi connectivity index (χ2v) is 3.87. The minimum Gasteiger partial charge on any atom is -0.397 e. The molecule has 0 radical (unpaired) electrons. The van der Waals surface area contributed by atoms with Crippen LogP contribution in [0.4, 0.5) is 24.5 Å². The lowest BCUT2D eigenvalue weighted by molar-refractivity contribution is -0.132. The third-order valence-electron chi connectivity index (χ3n) is 2.13. The number of nitrogens with zero attached hydrogens (tertiary/aromatic N) is 1. The van der Waals surface area contributed by atoms with E-state index in [-0.39, 0.29) is 6.54 Å². The molecule has 0 spiro atoms. The van der Waals surface area contributed by atoms with E-state index < -0.39 is 12.6 Å². The van der Waals surface area contributed by atoms with Crippen molar-refractivity contribution in [3.63, 3.8) is 0 Å². The van der Waals surface area contributed by atoms with Crippen LogP contribution in [0.3, 0.4) is 0 Å². The van der Waals surface area contributed by atoms with Gasteiger partial charge in [-0.2, -0.15) is 13.2 Å². The van der Waals surface area contributed by atoms with Crippen LogP contribution in [-0.4, -0.2) is 19.8 Å². The topological polar surface area (TPSA) is 29.3 Å². The van der Waals surface area contributed by atoms with Gasteiger partial charge in [0.15, 0.2) is 0 Å². The number of alkyl halides is 3. The summed E-state index contributed by atoms with van der Waals surface area (Å²) in [6.07, 6.45) is -5.07. The molecule has 1 rings (SSSR count). The van der Waals surface area contributed by atoms with Crippen LogP contribution in [0, 0.1) is 0 Å². The highest BCUT2D eigenvalue weighted by Crippen LogP contribution is 2.32. The van der Waals surface area contributed by atoms with E-state index in [4.69, 9.17) is 17.3 Å². The van der Waals surface area contributed by atoms with Crippen LogP contribution in [0.1, 0.15) is 6.42 Å². The Morgan fingerprint density at radius 3 is 2.50 bits per heavy atom. The molecule has 90 valence electrons. The van der Waals surface area contributed by atoms with Crippen LogP contribution in [-0.2, 0) is 0 Å². The van der Waals surface area contributed by atoms with Gasteiger partial charge in [-0.1, -0.05) is 17.7 Å². The molecule has 6 heteroatoms. The van der Waals surface area contributed by atoms with Crippen molar-refractivity contribution in [3.8, 4) is 0 Å². The minimum absolute atomic E-state index is 0.169. The number of nitrogens with two attached hydrogens (primary N) is 1. The fourth-order valence-corrected chi connectivity index (χ4v) is 1.67. The van der Waals surface area contributed by atoms with Gasteiger partial charge in [-0.15, -0.1) is 0 Å². The van der Waals surface area contributed by atoms with Gasteiger partial charge in [0.25, 0.3) is 0 Å². The summed E-state index contributed by atoms with van der Waals surface area (Å²) in [6, 6.07) is 4.85. The Morgan fingerprint density at radius 2 is 2.00 bits per heavy atom. The van der Waals surface area contributed by atoms with Crippen LogP contribution >= 0.6 is 11.6 Å². The van der Waals surface area contributed by atoms with Crippen LogP contribution in [0.2, 0.25) is 5.02 Å². The maximum absolute atomic E-state index is 12.0. The molecular formula is C10H12ClF3N2. The van der Waals surface area contributed by atoms with Crippen molar-refractivity contribution in [2.24, 2.45) is 0 Å². The molecule has 1 aromatic carbocycles. The Hall–Kier alpha value is -1.10. The summed E-state index contributed by atoms with van der Waals surface area (Å²) in [4.78, 5) is 1.41. The predicted molar refractivity (Wildman–Crippen MR) is 59.8 cm³/mol. The molecule has 16 heavy (non-hydrogen) atoms. The molecule has 0 atom stereocenters. The number of para-hydroxylation sites is 1. The van der Waals surface area contributed by atoms with E-state index in [1.54, 1.807) is 18.2 Å². The lowest BCUT2D eigenvalue weighted by atomic mass is 10.2. The van der Waals surface area contributed by atoms with E-state index in [0.29, 0.717) is 16.4 Å². The number of anilines is 2. The van der Waals surface area contributed by atoms with Gasteiger partial charge in [-0.05, 0) is 12.1 Å². The maximum Gasteiger partial charge on any atom is 0.390 e. The fraction of sp³-hybridized carbons (Fsp3) is 0.400. The molecular weight excluding hydrogens is 241 g/mol. The Bertz CT molecular complexity index is 345. The zero-order chi connectivity index (χ0) is 12.3. The first-order valence-corrected chi connectivity index (χ1v) is 5.01. The summed E-state index contributed by atoms with van der Waals surface area (Å²) in [7, 11) is 1.53. The quantitative estimate of drug-likeness (QED) is 0.837. The van der Waals surface area contributed by atoms with E-state index >= 15 is 0 Å². The van der Waals surface area contributed by atoms with Crippen LogP contribution in [0.25, 0.3) is 0 Å². The first-order valence-electron chi connectivity index (χ1n) is 4.63. The standard InChI is InChI=1S/C10H12ClF3N2/c1-16(6-5-10(12,13)14)9-7(11)3-2-4-8(9)15/h2-4H,5-6,15H2,1H3. The molecule has 2 nitrogen and oxygen atoms in total. The molecule has 0 amide bonds. The van der Waals surface area contributed by atoms with Gasteiger partial charge in [0, 0.05) is 13.6 Å². The summed E-state index contributed by atoms with van der Waals surface area (Å²) in [5.74, 6) is 0. The van der Waals surface area contributed by atoms with Crippen molar-refractivity contribution in [2.75, 3.05) is 24.2 Å². The van der Waals surface area contributed by atoms with Crippen molar-refractivity contribution >= 4 is 23.0 Å². The molecule has 0 aliphatic rings. The van der Waals surface area contributed by atoms with Gasteiger partial charge in [0.1, 0.15) is 0 Å². The van der Waals surface area contributed by atoms with Gasteiger partial charge < -0.3 is 10.6 Å². The lowest BCUT2D eigenvalue weighted by Crippen LogP contribution is -2.25. The van der Waals surface area contributed by atoms with Gasteiger partial charge in [-0.25, -0.2) is 0 Å². The van der Waals surface area contributed by atoms with Crippen molar-refractivity contribution < 1.29 is 13.2 Å². The number of benzene rings is 1. The Morgan fingerprint density at radius 1 is 1.38 bits per heavy atom. The number of nitrogen functional groups attached to an aromatic ring is 1. The summed E-state index contributed by atoms with van der Waals surface area (Å²) in [6.45, 7) is -0.169. The average Bonchev–Trinajstić information content (AvgIpc) is 2.13. The first-order chi connectivity index (χ1) is 7.31. The molecule has 0 aliphatic heterocycles. The average molecular weight is 253 g/mol. The van der Waals surface area contributed by atoms with Crippen molar-refractivity contribution in [1.82, 2.24) is 0 Å². The first kappa shape index (κ1) is 13.0. The van der Waals surface area contributed by atoms with Crippen LogP contribution in [0.15, 0.2) is 18.2 Å². The summed E-state index contributed by atoms with van der Waals surface area (Å²) in [5, 5.41) is 0.352. The monoisotopic (exact) mass is 252 g/mol. The molecule has 0 unspecified atom stereocenters.